The first-order chi connectivity index (χ1) is 8.52. The fraction of sp³-hybridized carbons (Fsp3) is 0.222. The number of esters is 1. The Labute approximate surface area is 119 Å². The van der Waals surface area contributed by atoms with Gasteiger partial charge in [-0.25, -0.2) is 9.78 Å². The van der Waals surface area contributed by atoms with Crippen molar-refractivity contribution in [3.63, 3.8) is 0 Å². The molecule has 0 bridgehead atoms. The van der Waals surface area contributed by atoms with Crippen LogP contribution in [-0.2, 0) is 21.1 Å². The van der Waals surface area contributed by atoms with Crippen molar-refractivity contribution in [2.75, 3.05) is 14.2 Å². The number of methoxy groups -OCH3 is 1. The molecule has 1 atom stereocenters. The summed E-state index contributed by atoms with van der Waals surface area (Å²) in [6.07, 6.45) is 3.13. The summed E-state index contributed by atoms with van der Waals surface area (Å²) < 4.78 is 22.5. The molecule has 0 saturated heterocycles. The highest BCUT2D eigenvalue weighted by Crippen LogP contribution is 2.24. The van der Waals surface area contributed by atoms with Crippen LogP contribution >= 0.6 is 27.3 Å². The second kappa shape index (κ2) is 5.39. The van der Waals surface area contributed by atoms with E-state index >= 15 is 0 Å². The third-order valence-electron chi connectivity index (χ3n) is 2.11. The van der Waals surface area contributed by atoms with Crippen LogP contribution in [-0.4, -0.2) is 39.7 Å². The molecule has 0 saturated carbocycles. The zero-order valence-corrected chi connectivity index (χ0v) is 12.6. The average Bonchev–Trinajstić information content (AvgIpc) is 2.78. The number of carbonyl (C=O) groups is 1. The number of nitrogens with zero attached hydrogens (tertiary/aromatic N) is 3. The van der Waals surface area contributed by atoms with Gasteiger partial charge in [-0.15, -0.1) is 11.3 Å². The summed E-state index contributed by atoms with van der Waals surface area (Å²) in [6.45, 7) is 0. The van der Waals surface area contributed by atoms with E-state index in [0.29, 0.717) is 10.7 Å². The maximum Gasteiger partial charge on any atom is 0.359 e. The molecule has 1 aliphatic heterocycles. The van der Waals surface area contributed by atoms with Crippen molar-refractivity contribution in [1.29, 1.82) is 0 Å². The zero-order chi connectivity index (χ0) is 13.3. The number of ether oxygens (including phenoxy) is 1. The molecule has 0 amide bonds. The van der Waals surface area contributed by atoms with E-state index in [1.165, 1.54) is 35.9 Å². The summed E-state index contributed by atoms with van der Waals surface area (Å²) in [5.41, 5.74) is 0.592. The van der Waals surface area contributed by atoms with Crippen molar-refractivity contribution in [2.24, 2.45) is 4.40 Å². The van der Waals surface area contributed by atoms with Crippen molar-refractivity contribution in [1.82, 2.24) is 9.29 Å². The molecule has 2 rings (SSSR count). The van der Waals surface area contributed by atoms with Crippen LogP contribution in [0.2, 0.25) is 0 Å². The largest absolute Gasteiger partial charge is 0.566 e. The van der Waals surface area contributed by atoms with Gasteiger partial charge in [-0.2, -0.15) is 4.31 Å². The number of allylic oxidation sites excluding steroid dienone is 1. The first kappa shape index (κ1) is 13.5. The van der Waals surface area contributed by atoms with Crippen molar-refractivity contribution in [3.8, 4) is 0 Å². The fourth-order valence-electron chi connectivity index (χ4n) is 1.24. The molecule has 9 heteroatoms. The number of halogens is 1. The molecule has 1 aromatic heterocycles. The first-order valence-electron chi connectivity index (χ1n) is 4.69. The number of hydrogen-bond donors (Lipinski definition) is 0. The van der Waals surface area contributed by atoms with E-state index in [2.05, 4.69) is 30.0 Å². The summed E-state index contributed by atoms with van der Waals surface area (Å²) in [5.74, 6) is -0.561. The SMILES string of the molecule is COC(=O)C1=CC(c2ncc(Br)s2)=N[S+]([O-])N1C. The molecule has 6 nitrogen and oxygen atoms in total. The van der Waals surface area contributed by atoms with Gasteiger partial charge in [0, 0.05) is 6.08 Å². The lowest BCUT2D eigenvalue weighted by atomic mass is 10.3. The Morgan fingerprint density at radius 2 is 2.39 bits per heavy atom. The van der Waals surface area contributed by atoms with E-state index < -0.39 is 17.5 Å². The molecule has 0 aliphatic carbocycles. The second-order valence-electron chi connectivity index (χ2n) is 3.20. The summed E-state index contributed by atoms with van der Waals surface area (Å²) in [7, 11) is 2.78. The van der Waals surface area contributed by atoms with Crippen molar-refractivity contribution in [2.45, 2.75) is 0 Å². The Morgan fingerprint density at radius 1 is 1.67 bits per heavy atom. The number of thiazole rings is 1. The van der Waals surface area contributed by atoms with Crippen molar-refractivity contribution >= 4 is 50.5 Å². The van der Waals surface area contributed by atoms with Crippen molar-refractivity contribution in [3.05, 3.63) is 26.8 Å². The molecule has 0 N–H and O–H groups in total. The van der Waals surface area contributed by atoms with Gasteiger partial charge in [-0.3, -0.25) is 0 Å². The van der Waals surface area contributed by atoms with Crippen LogP contribution in [0.25, 0.3) is 0 Å². The van der Waals surface area contributed by atoms with E-state index in [9.17, 15) is 9.35 Å². The highest BCUT2D eigenvalue weighted by atomic mass is 79.9. The molecule has 0 radical (unpaired) electrons. The van der Waals surface area contributed by atoms with Gasteiger partial charge in [0.15, 0.2) is 11.4 Å². The minimum Gasteiger partial charge on any atom is -0.566 e. The topological polar surface area (TPSA) is 77.8 Å². The molecule has 18 heavy (non-hydrogen) atoms. The number of hydrogen-bond acceptors (Lipinski definition) is 7. The third-order valence-corrected chi connectivity index (χ3v) is 4.63. The van der Waals surface area contributed by atoms with Gasteiger partial charge in [0.2, 0.25) is 11.5 Å². The number of rotatable bonds is 2. The lowest BCUT2D eigenvalue weighted by molar-refractivity contribution is -0.137. The minimum atomic E-state index is -1.65. The lowest BCUT2D eigenvalue weighted by Gasteiger charge is -2.21. The van der Waals surface area contributed by atoms with Crippen LogP contribution in [0.1, 0.15) is 5.01 Å². The van der Waals surface area contributed by atoms with E-state index in [1.807, 2.05) is 0 Å². The van der Waals surface area contributed by atoms with E-state index in [4.69, 9.17) is 0 Å². The summed E-state index contributed by atoms with van der Waals surface area (Å²) in [5, 5.41) is 0.588. The molecule has 0 aromatic carbocycles. The predicted octanol–water partition coefficient (Wildman–Crippen LogP) is 1.28. The summed E-state index contributed by atoms with van der Waals surface area (Å²) >= 11 is 2.97. The first-order valence-corrected chi connectivity index (χ1v) is 7.36. The normalized spacial score (nSPS) is 19.3. The maximum absolute atomic E-state index is 11.8. The van der Waals surface area contributed by atoms with Gasteiger partial charge >= 0.3 is 5.97 Å². The van der Waals surface area contributed by atoms with Gasteiger partial charge < -0.3 is 9.29 Å². The number of likely N-dealkylation sites (N-methyl/N-ethyl adjacent to an activating group) is 1. The molecule has 0 spiro atoms. The molecular weight excluding hydrogens is 342 g/mol. The van der Waals surface area contributed by atoms with E-state index in [-0.39, 0.29) is 5.70 Å². The quantitative estimate of drug-likeness (QED) is 0.593. The van der Waals surface area contributed by atoms with Gasteiger partial charge in [-0.05, 0) is 20.3 Å². The van der Waals surface area contributed by atoms with Gasteiger partial charge in [0.05, 0.1) is 24.1 Å². The highest BCUT2D eigenvalue weighted by molar-refractivity contribution is 9.11. The lowest BCUT2D eigenvalue weighted by Crippen LogP contribution is -2.33. The molecule has 2 heterocycles. The average molecular weight is 350 g/mol. The van der Waals surface area contributed by atoms with Crippen LogP contribution in [0.5, 0.6) is 0 Å². The van der Waals surface area contributed by atoms with Crippen LogP contribution in [0.3, 0.4) is 0 Å². The van der Waals surface area contributed by atoms with Gasteiger partial charge in [0.25, 0.3) is 0 Å². The monoisotopic (exact) mass is 349 g/mol. The van der Waals surface area contributed by atoms with E-state index in [0.717, 1.165) is 3.79 Å². The molecule has 0 fully saturated rings. The van der Waals surface area contributed by atoms with Crippen LogP contribution < -0.4 is 0 Å². The van der Waals surface area contributed by atoms with Crippen LogP contribution in [0, 0.1) is 0 Å². The molecular formula is C9H8BrN3O3S2. The fourth-order valence-corrected chi connectivity index (χ4v) is 3.19. The number of carbonyl (C=O) groups excluding carboxylic acids is 1. The maximum atomic E-state index is 11.8. The second-order valence-corrected chi connectivity index (χ2v) is 6.80. The Hall–Kier alpha value is -0.900. The van der Waals surface area contributed by atoms with Crippen LogP contribution in [0.15, 0.2) is 26.2 Å². The standard InChI is InChI=1S/C9H8BrN3O3S2/c1-13-6(9(14)16-2)3-5(12-18(13)15)8-11-4-7(10)17-8/h3-4H,1-2H3. The Kier molecular flexibility index (Phi) is 4.05. The Balaban J connectivity index is 2.40. The Bertz CT molecular complexity index is 543. The van der Waals surface area contributed by atoms with Gasteiger partial charge in [0.1, 0.15) is 5.01 Å². The zero-order valence-electron chi connectivity index (χ0n) is 9.42. The third kappa shape index (κ3) is 2.58. The van der Waals surface area contributed by atoms with Gasteiger partial charge in [-0.1, -0.05) is 0 Å². The predicted molar refractivity (Wildman–Crippen MR) is 72.4 cm³/mol. The number of aromatic nitrogens is 1. The van der Waals surface area contributed by atoms with Crippen molar-refractivity contribution < 1.29 is 14.1 Å². The van der Waals surface area contributed by atoms with Crippen LogP contribution in [0.4, 0.5) is 0 Å². The minimum absolute atomic E-state index is 0.187. The summed E-state index contributed by atoms with van der Waals surface area (Å²) in [6, 6.07) is 0. The molecule has 1 aliphatic rings. The summed E-state index contributed by atoms with van der Waals surface area (Å²) in [4.78, 5) is 15.7. The molecule has 1 unspecified atom stereocenters. The molecule has 1 aromatic rings. The Morgan fingerprint density at radius 3 is 2.94 bits per heavy atom. The highest BCUT2D eigenvalue weighted by Gasteiger charge is 2.31. The van der Waals surface area contributed by atoms with E-state index in [1.54, 1.807) is 6.20 Å². The molecule has 96 valence electrons. The smallest absolute Gasteiger partial charge is 0.359 e.